The molecule has 1 fully saturated rings. The van der Waals surface area contributed by atoms with E-state index in [-0.39, 0.29) is 12.2 Å². The fourth-order valence-corrected chi connectivity index (χ4v) is 2.24. The van der Waals surface area contributed by atoms with Gasteiger partial charge in [0.25, 0.3) is 0 Å². The van der Waals surface area contributed by atoms with Crippen LogP contribution in [0, 0.1) is 10.1 Å². The number of alkyl halides is 1. The van der Waals surface area contributed by atoms with Gasteiger partial charge in [-0.05, 0) is 12.8 Å². The minimum atomic E-state index is -1.18. The lowest BCUT2D eigenvalue weighted by atomic mass is 10.1. The van der Waals surface area contributed by atoms with Crippen LogP contribution in [-0.2, 0) is 7.05 Å². The highest BCUT2D eigenvalue weighted by atomic mass is 19.1. The molecule has 8 heteroatoms. The summed E-state index contributed by atoms with van der Waals surface area (Å²) < 4.78 is 15.2. The maximum absolute atomic E-state index is 13.8. The molecule has 0 radical (unpaired) electrons. The topological polar surface area (TPSA) is 90.2 Å². The van der Waals surface area contributed by atoms with Crippen LogP contribution in [0.5, 0.6) is 0 Å². The van der Waals surface area contributed by atoms with E-state index in [0.29, 0.717) is 25.2 Å². The van der Waals surface area contributed by atoms with E-state index < -0.39 is 17.1 Å². The van der Waals surface area contributed by atoms with Gasteiger partial charge in [-0.25, -0.2) is 9.07 Å². The third-order valence-electron chi connectivity index (χ3n) is 3.21. The van der Waals surface area contributed by atoms with Crippen molar-refractivity contribution in [3.05, 3.63) is 16.3 Å². The van der Waals surface area contributed by atoms with Gasteiger partial charge in [-0.2, -0.15) is 5.10 Å². The number of hydrogen-bond donors (Lipinski definition) is 1. The van der Waals surface area contributed by atoms with Gasteiger partial charge in [0, 0.05) is 19.6 Å². The summed E-state index contributed by atoms with van der Waals surface area (Å²) >= 11 is 0. The van der Waals surface area contributed by atoms with E-state index in [9.17, 15) is 14.5 Å². The molecule has 2 N–H and O–H groups in total. The second-order valence-corrected chi connectivity index (χ2v) is 4.50. The van der Waals surface area contributed by atoms with E-state index in [2.05, 4.69) is 5.10 Å². The highest BCUT2D eigenvalue weighted by molar-refractivity contribution is 5.57. The largest absolute Gasteiger partial charge is 0.348 e. The fraction of sp³-hybridized carbons (Fsp3) is 0.700. The molecule has 0 spiro atoms. The van der Waals surface area contributed by atoms with Gasteiger partial charge < -0.3 is 10.6 Å². The van der Waals surface area contributed by atoms with Gasteiger partial charge in [-0.15, -0.1) is 0 Å². The summed E-state index contributed by atoms with van der Waals surface area (Å²) in [5.41, 5.74) is 5.57. The fourth-order valence-electron chi connectivity index (χ4n) is 2.24. The van der Waals surface area contributed by atoms with Crippen LogP contribution < -0.4 is 10.6 Å². The van der Waals surface area contributed by atoms with Gasteiger partial charge in [-0.3, -0.25) is 10.1 Å². The number of aryl methyl sites for hydroxylation is 1. The Morgan fingerprint density at radius 3 is 3.06 bits per heavy atom. The molecule has 18 heavy (non-hydrogen) atoms. The van der Waals surface area contributed by atoms with Crippen LogP contribution in [0.1, 0.15) is 12.8 Å². The first-order valence-electron chi connectivity index (χ1n) is 5.81. The number of nitro groups is 1. The second-order valence-electron chi connectivity index (χ2n) is 4.50. The van der Waals surface area contributed by atoms with Gasteiger partial charge in [0.05, 0.1) is 11.5 Å². The van der Waals surface area contributed by atoms with Crippen LogP contribution in [0.2, 0.25) is 0 Å². The summed E-state index contributed by atoms with van der Waals surface area (Å²) in [5, 5.41) is 14.8. The monoisotopic (exact) mass is 257 g/mol. The van der Waals surface area contributed by atoms with Crippen molar-refractivity contribution >= 4 is 11.5 Å². The number of anilines is 1. The molecule has 0 saturated carbocycles. The number of halogens is 1. The average Bonchev–Trinajstić information content (AvgIpc) is 2.61. The molecule has 2 rings (SSSR count). The third kappa shape index (κ3) is 2.28. The normalized spacial score (nSPS) is 24.9. The summed E-state index contributed by atoms with van der Waals surface area (Å²) in [6.07, 6.45) is 1.31. The van der Waals surface area contributed by atoms with Gasteiger partial charge in [0.15, 0.2) is 0 Å². The zero-order valence-corrected chi connectivity index (χ0v) is 10.1. The maximum atomic E-state index is 13.8. The van der Waals surface area contributed by atoms with E-state index >= 15 is 0 Å². The van der Waals surface area contributed by atoms with Gasteiger partial charge in [0.2, 0.25) is 5.82 Å². The van der Waals surface area contributed by atoms with E-state index in [0.717, 1.165) is 0 Å². The Labute approximate surface area is 104 Å². The van der Waals surface area contributed by atoms with Gasteiger partial charge in [0.1, 0.15) is 12.4 Å². The third-order valence-corrected chi connectivity index (χ3v) is 3.21. The summed E-state index contributed by atoms with van der Waals surface area (Å²) in [4.78, 5) is 12.1. The highest BCUT2D eigenvalue weighted by Crippen LogP contribution is 2.29. The molecule has 0 bridgehead atoms. The summed E-state index contributed by atoms with van der Waals surface area (Å²) in [5.74, 6) is 0.344. The van der Waals surface area contributed by atoms with Crippen molar-refractivity contribution in [1.29, 1.82) is 0 Å². The first-order valence-corrected chi connectivity index (χ1v) is 5.81. The van der Waals surface area contributed by atoms with Crippen LogP contribution in [0.15, 0.2) is 6.20 Å². The lowest BCUT2D eigenvalue weighted by Crippen LogP contribution is -2.38. The lowest BCUT2D eigenvalue weighted by molar-refractivity contribution is -0.384. The van der Waals surface area contributed by atoms with Crippen molar-refractivity contribution in [2.45, 2.75) is 25.1 Å². The van der Waals surface area contributed by atoms with Crippen molar-refractivity contribution < 1.29 is 9.31 Å². The molecule has 1 aliphatic heterocycles. The summed E-state index contributed by atoms with van der Waals surface area (Å²) in [6, 6.07) is -0.498. The highest BCUT2D eigenvalue weighted by Gasteiger charge is 2.30. The quantitative estimate of drug-likeness (QED) is 0.618. The first-order chi connectivity index (χ1) is 8.50. The van der Waals surface area contributed by atoms with E-state index in [1.165, 1.54) is 10.9 Å². The molecule has 0 aromatic carbocycles. The van der Waals surface area contributed by atoms with E-state index in [4.69, 9.17) is 5.73 Å². The molecule has 0 aliphatic carbocycles. The van der Waals surface area contributed by atoms with Gasteiger partial charge >= 0.3 is 5.69 Å². The molecule has 7 nitrogen and oxygen atoms in total. The van der Waals surface area contributed by atoms with Crippen molar-refractivity contribution in [2.75, 3.05) is 18.0 Å². The molecule has 1 aliphatic rings. The summed E-state index contributed by atoms with van der Waals surface area (Å²) in [7, 11) is 1.61. The van der Waals surface area contributed by atoms with Crippen molar-refractivity contribution in [3.8, 4) is 0 Å². The molecule has 0 unspecified atom stereocenters. The Morgan fingerprint density at radius 1 is 1.67 bits per heavy atom. The standard InChI is InChI=1S/C10H16FN5O2/c1-14-10(9(5-13-14)16(17)18)15-4-2-3-8(12)7(11)6-15/h5,7-8H,2-4,6,12H2,1H3/t7-,8+/m1/s1. The summed E-state index contributed by atoms with van der Waals surface area (Å²) in [6.45, 7) is 0.621. The second kappa shape index (κ2) is 4.89. The zero-order chi connectivity index (χ0) is 13.3. The first kappa shape index (κ1) is 12.7. The molecule has 2 heterocycles. The Kier molecular flexibility index (Phi) is 3.46. The molecule has 0 amide bonds. The molecule has 100 valence electrons. The molecule has 1 aromatic heterocycles. The smallest absolute Gasteiger partial charge is 0.331 e. The molecule has 2 atom stereocenters. The molecular weight excluding hydrogens is 241 g/mol. The van der Waals surface area contributed by atoms with Crippen LogP contribution >= 0.6 is 0 Å². The Bertz CT molecular complexity index is 449. The Balaban J connectivity index is 2.30. The number of aromatic nitrogens is 2. The SMILES string of the molecule is Cn1ncc([N+](=O)[O-])c1N1CCC[C@H](N)[C@H](F)C1. The number of nitrogens with zero attached hydrogens (tertiary/aromatic N) is 4. The minimum absolute atomic E-state index is 0.0710. The van der Waals surface area contributed by atoms with Crippen LogP contribution in [0.4, 0.5) is 15.9 Å². The van der Waals surface area contributed by atoms with E-state index in [1.54, 1.807) is 11.9 Å². The molecule has 1 saturated heterocycles. The number of nitrogens with two attached hydrogens (primary N) is 1. The Hall–Kier alpha value is -1.70. The minimum Gasteiger partial charge on any atom is -0.348 e. The molecule has 1 aromatic rings. The molecular formula is C10H16FN5O2. The maximum Gasteiger partial charge on any atom is 0.331 e. The zero-order valence-electron chi connectivity index (χ0n) is 10.1. The predicted octanol–water partition coefficient (Wildman–Crippen LogP) is 0.594. The average molecular weight is 257 g/mol. The van der Waals surface area contributed by atoms with Crippen LogP contribution in [-0.4, -0.2) is 40.0 Å². The Morgan fingerprint density at radius 2 is 2.39 bits per heavy atom. The van der Waals surface area contributed by atoms with Crippen molar-refractivity contribution in [3.63, 3.8) is 0 Å². The number of rotatable bonds is 2. The van der Waals surface area contributed by atoms with Crippen molar-refractivity contribution in [1.82, 2.24) is 9.78 Å². The van der Waals surface area contributed by atoms with Crippen LogP contribution in [0.25, 0.3) is 0 Å². The predicted molar refractivity (Wildman–Crippen MR) is 64.2 cm³/mol. The van der Waals surface area contributed by atoms with Crippen molar-refractivity contribution in [2.24, 2.45) is 12.8 Å². The van der Waals surface area contributed by atoms with E-state index in [1.807, 2.05) is 0 Å². The van der Waals surface area contributed by atoms with Crippen LogP contribution in [0.3, 0.4) is 0 Å². The number of hydrogen-bond acceptors (Lipinski definition) is 5. The lowest BCUT2D eigenvalue weighted by Gasteiger charge is -2.23. The van der Waals surface area contributed by atoms with Gasteiger partial charge in [-0.1, -0.05) is 0 Å².